The van der Waals surface area contributed by atoms with Gasteiger partial charge >= 0.3 is 0 Å². The van der Waals surface area contributed by atoms with E-state index in [0.29, 0.717) is 6.54 Å². The second-order valence-electron chi connectivity index (χ2n) is 3.53. The van der Waals surface area contributed by atoms with Crippen LogP contribution >= 0.6 is 0 Å². The third kappa shape index (κ3) is 0.807. The topological polar surface area (TPSA) is 60.9 Å². The molecule has 0 aliphatic carbocycles. The lowest BCUT2D eigenvalue weighted by Crippen LogP contribution is -2.20. The molecule has 0 fully saturated rings. The first-order chi connectivity index (χ1) is 6.77. The fourth-order valence-electron chi connectivity index (χ4n) is 2.03. The molecule has 0 saturated heterocycles. The Labute approximate surface area is 80.0 Å². The second kappa shape index (κ2) is 2.42. The van der Waals surface area contributed by atoms with Crippen LogP contribution in [0.5, 0.6) is 0 Å². The predicted octanol–water partition coefficient (Wildman–Crippen LogP) is 0.410. The average Bonchev–Trinajstić information content (AvgIpc) is 2.53. The largest absolute Gasteiger partial charge is 0.322 e. The van der Waals surface area contributed by atoms with Gasteiger partial charge in [-0.15, -0.1) is 0 Å². The summed E-state index contributed by atoms with van der Waals surface area (Å²) >= 11 is 0. The Morgan fingerprint density at radius 1 is 1.50 bits per heavy atom. The summed E-state index contributed by atoms with van der Waals surface area (Å²) in [6.07, 6.45) is 1.35. The van der Waals surface area contributed by atoms with E-state index in [1.807, 2.05) is 18.2 Å². The molecule has 2 aromatic rings. The SMILES string of the molecule is N[C@@H]1Cn2c(=O)cnc3cccc1c32. The Kier molecular flexibility index (Phi) is 1.33. The molecule has 0 bridgehead atoms. The minimum atomic E-state index is -0.0735. The lowest BCUT2D eigenvalue weighted by atomic mass is 10.1. The Morgan fingerprint density at radius 3 is 3.21 bits per heavy atom. The zero-order valence-corrected chi connectivity index (χ0v) is 7.47. The summed E-state index contributed by atoms with van der Waals surface area (Å²) in [6, 6.07) is 5.70. The van der Waals surface area contributed by atoms with Crippen LogP contribution in [0.25, 0.3) is 11.0 Å². The highest BCUT2D eigenvalue weighted by Crippen LogP contribution is 2.27. The van der Waals surface area contributed by atoms with Gasteiger partial charge in [0.25, 0.3) is 5.56 Å². The van der Waals surface area contributed by atoms with Crippen molar-refractivity contribution >= 4 is 11.0 Å². The molecule has 4 heteroatoms. The summed E-state index contributed by atoms with van der Waals surface area (Å²) in [4.78, 5) is 15.6. The van der Waals surface area contributed by atoms with Crippen LogP contribution < -0.4 is 11.3 Å². The number of nitrogens with zero attached hydrogens (tertiary/aromatic N) is 2. The van der Waals surface area contributed by atoms with E-state index in [4.69, 9.17) is 5.73 Å². The molecule has 1 aromatic carbocycles. The van der Waals surface area contributed by atoms with Crippen LogP contribution in [0, 0.1) is 0 Å². The van der Waals surface area contributed by atoms with Gasteiger partial charge in [0.15, 0.2) is 0 Å². The third-order valence-electron chi connectivity index (χ3n) is 2.67. The van der Waals surface area contributed by atoms with Crippen LogP contribution in [0.15, 0.2) is 29.2 Å². The fourth-order valence-corrected chi connectivity index (χ4v) is 2.03. The number of rotatable bonds is 0. The molecule has 3 rings (SSSR count). The number of hydrogen-bond donors (Lipinski definition) is 1. The first kappa shape index (κ1) is 7.70. The molecule has 2 heterocycles. The molecule has 0 spiro atoms. The van der Waals surface area contributed by atoms with Crippen LogP contribution in [0.4, 0.5) is 0 Å². The molecule has 0 amide bonds. The minimum Gasteiger partial charge on any atom is -0.322 e. The van der Waals surface area contributed by atoms with E-state index >= 15 is 0 Å². The molecule has 1 aromatic heterocycles. The monoisotopic (exact) mass is 187 g/mol. The molecule has 14 heavy (non-hydrogen) atoms. The first-order valence-corrected chi connectivity index (χ1v) is 4.51. The molecule has 1 atom stereocenters. The van der Waals surface area contributed by atoms with Gasteiger partial charge in [-0.3, -0.25) is 4.79 Å². The van der Waals surface area contributed by atoms with Crippen molar-refractivity contribution in [3.63, 3.8) is 0 Å². The Morgan fingerprint density at radius 2 is 2.36 bits per heavy atom. The van der Waals surface area contributed by atoms with Gasteiger partial charge in [0.1, 0.15) is 0 Å². The second-order valence-corrected chi connectivity index (χ2v) is 3.53. The van der Waals surface area contributed by atoms with Gasteiger partial charge in [-0.25, -0.2) is 4.98 Å². The van der Waals surface area contributed by atoms with Crippen molar-refractivity contribution in [3.05, 3.63) is 40.3 Å². The van der Waals surface area contributed by atoms with Crippen molar-refractivity contribution in [3.8, 4) is 0 Å². The van der Waals surface area contributed by atoms with E-state index in [2.05, 4.69) is 4.98 Å². The quantitative estimate of drug-likeness (QED) is 0.649. The number of benzene rings is 1. The molecule has 70 valence electrons. The lowest BCUT2D eigenvalue weighted by Gasteiger charge is -2.00. The van der Waals surface area contributed by atoms with Gasteiger partial charge in [-0.2, -0.15) is 0 Å². The minimum absolute atomic E-state index is 0.0714. The summed E-state index contributed by atoms with van der Waals surface area (Å²) in [6.45, 7) is 0.567. The van der Waals surface area contributed by atoms with Crippen LogP contribution in [-0.4, -0.2) is 9.55 Å². The Hall–Kier alpha value is -1.68. The van der Waals surface area contributed by atoms with Crippen molar-refractivity contribution in [1.29, 1.82) is 0 Å². The number of para-hydroxylation sites is 1. The van der Waals surface area contributed by atoms with E-state index in [-0.39, 0.29) is 11.6 Å². The van der Waals surface area contributed by atoms with Crippen molar-refractivity contribution in [1.82, 2.24) is 9.55 Å². The third-order valence-corrected chi connectivity index (χ3v) is 2.67. The maximum absolute atomic E-state index is 11.5. The molecule has 0 saturated carbocycles. The van der Waals surface area contributed by atoms with E-state index in [9.17, 15) is 4.79 Å². The summed E-state index contributed by atoms with van der Waals surface area (Å²) < 4.78 is 1.70. The van der Waals surface area contributed by atoms with Gasteiger partial charge in [0.05, 0.1) is 17.2 Å². The molecule has 1 aliphatic rings. The smallest absolute Gasteiger partial charge is 0.269 e. The van der Waals surface area contributed by atoms with Gasteiger partial charge in [-0.1, -0.05) is 12.1 Å². The van der Waals surface area contributed by atoms with Crippen LogP contribution in [0.1, 0.15) is 11.6 Å². The average molecular weight is 187 g/mol. The molecule has 1 aliphatic heterocycles. The highest BCUT2D eigenvalue weighted by Gasteiger charge is 2.21. The fraction of sp³-hybridized carbons (Fsp3) is 0.200. The molecular weight excluding hydrogens is 178 g/mol. The van der Waals surface area contributed by atoms with E-state index in [1.165, 1.54) is 6.20 Å². The van der Waals surface area contributed by atoms with Crippen molar-refractivity contribution in [2.75, 3.05) is 0 Å². The number of nitrogens with two attached hydrogens (primary N) is 1. The summed E-state index contributed by atoms with van der Waals surface area (Å²) in [5.74, 6) is 0. The van der Waals surface area contributed by atoms with Gasteiger partial charge in [0, 0.05) is 12.6 Å². The summed E-state index contributed by atoms with van der Waals surface area (Å²) in [5, 5.41) is 0. The Balaban J connectivity index is 2.58. The van der Waals surface area contributed by atoms with Crippen LogP contribution in [0.3, 0.4) is 0 Å². The zero-order valence-electron chi connectivity index (χ0n) is 7.47. The van der Waals surface area contributed by atoms with E-state index in [0.717, 1.165) is 16.6 Å². The van der Waals surface area contributed by atoms with Crippen molar-refractivity contribution in [2.24, 2.45) is 5.73 Å². The molecule has 0 unspecified atom stereocenters. The molecule has 2 N–H and O–H groups in total. The summed E-state index contributed by atoms with van der Waals surface area (Å²) in [7, 11) is 0. The number of aromatic nitrogens is 2. The lowest BCUT2D eigenvalue weighted by molar-refractivity contribution is 0.619. The van der Waals surface area contributed by atoms with Crippen molar-refractivity contribution in [2.45, 2.75) is 12.6 Å². The summed E-state index contributed by atoms with van der Waals surface area (Å²) in [5.41, 5.74) is 8.61. The Bertz CT molecular complexity index is 573. The highest BCUT2D eigenvalue weighted by atomic mass is 16.1. The van der Waals surface area contributed by atoms with E-state index < -0.39 is 0 Å². The normalized spacial score (nSPS) is 19.1. The van der Waals surface area contributed by atoms with Gasteiger partial charge in [-0.05, 0) is 11.6 Å². The maximum Gasteiger partial charge on any atom is 0.269 e. The van der Waals surface area contributed by atoms with Gasteiger partial charge < -0.3 is 10.3 Å². The van der Waals surface area contributed by atoms with Crippen molar-refractivity contribution < 1.29 is 0 Å². The van der Waals surface area contributed by atoms with E-state index in [1.54, 1.807) is 4.57 Å². The predicted molar refractivity (Wildman–Crippen MR) is 52.9 cm³/mol. The van der Waals surface area contributed by atoms with Crippen LogP contribution in [-0.2, 0) is 6.54 Å². The zero-order chi connectivity index (χ0) is 9.71. The first-order valence-electron chi connectivity index (χ1n) is 4.51. The molecule has 4 nitrogen and oxygen atoms in total. The number of hydrogen-bond acceptors (Lipinski definition) is 3. The standard InChI is InChI=1S/C10H9N3O/c11-7-5-13-9(14)4-12-8-3-1-2-6(7)10(8)13/h1-4,7H,5,11H2/t7-/m1/s1. The maximum atomic E-state index is 11.5. The highest BCUT2D eigenvalue weighted by molar-refractivity contribution is 5.80. The van der Waals surface area contributed by atoms with Crippen LogP contribution in [0.2, 0.25) is 0 Å². The van der Waals surface area contributed by atoms with Gasteiger partial charge in [0.2, 0.25) is 0 Å². The molecular formula is C10H9N3O. The molecule has 0 radical (unpaired) electrons.